The molecule has 0 amide bonds. The highest BCUT2D eigenvalue weighted by atomic mass is 32.2. The fourth-order valence-electron chi connectivity index (χ4n) is 1.46. The molecule has 0 saturated carbocycles. The van der Waals surface area contributed by atoms with Crippen molar-refractivity contribution in [2.45, 2.75) is 25.1 Å². The minimum Gasteiger partial charge on any atom is -0.311 e. The van der Waals surface area contributed by atoms with Crippen LogP contribution in [0.2, 0.25) is 0 Å². The van der Waals surface area contributed by atoms with Gasteiger partial charge in [0.25, 0.3) is 0 Å². The van der Waals surface area contributed by atoms with Crippen molar-refractivity contribution in [3.63, 3.8) is 0 Å². The summed E-state index contributed by atoms with van der Waals surface area (Å²) in [7, 11) is -3.28. The first kappa shape index (κ1) is 16.5. The average molecular weight is 302 g/mol. The van der Waals surface area contributed by atoms with Gasteiger partial charge in [0, 0.05) is 24.9 Å². The number of benzene rings is 1. The fraction of sp³-hybridized carbons (Fsp3) is 0.462. The lowest BCUT2D eigenvalue weighted by atomic mass is 10.1. The van der Waals surface area contributed by atoms with Crippen LogP contribution in [0.5, 0.6) is 0 Å². The molecule has 1 aromatic carbocycles. The summed E-state index contributed by atoms with van der Waals surface area (Å²) in [5.41, 5.74) is -0.312. The van der Waals surface area contributed by atoms with Gasteiger partial charge in [0.15, 0.2) is 9.84 Å². The topological polar surface area (TPSA) is 70.0 Å². The summed E-state index contributed by atoms with van der Waals surface area (Å²) < 4.78 is 49.1. The zero-order chi connectivity index (χ0) is 15.6. The van der Waals surface area contributed by atoms with E-state index in [-0.39, 0.29) is 24.2 Å². The molecule has 4 nitrogen and oxygen atoms in total. The number of halogens is 2. The van der Waals surface area contributed by atoms with Gasteiger partial charge in [0.2, 0.25) is 0 Å². The van der Waals surface area contributed by atoms with Crippen LogP contribution in [0.15, 0.2) is 12.1 Å². The molecule has 0 aromatic heterocycles. The van der Waals surface area contributed by atoms with E-state index >= 15 is 0 Å². The first-order valence-electron chi connectivity index (χ1n) is 5.87. The zero-order valence-corrected chi connectivity index (χ0v) is 12.3. The third-order valence-electron chi connectivity index (χ3n) is 3.13. The van der Waals surface area contributed by atoms with Crippen molar-refractivity contribution in [1.29, 1.82) is 5.26 Å². The van der Waals surface area contributed by atoms with Crippen molar-refractivity contribution in [2.75, 3.05) is 12.8 Å². The van der Waals surface area contributed by atoms with E-state index in [2.05, 4.69) is 5.32 Å². The molecule has 20 heavy (non-hydrogen) atoms. The SMILES string of the molecule is CC(C)(CNCc1c(F)cc(C#N)cc1F)S(C)(=O)=O. The second-order valence-corrected chi connectivity index (χ2v) is 7.82. The van der Waals surface area contributed by atoms with E-state index in [0.717, 1.165) is 18.4 Å². The maximum absolute atomic E-state index is 13.6. The fourth-order valence-corrected chi connectivity index (χ4v) is 1.82. The third kappa shape index (κ3) is 3.74. The molecular formula is C13H16F2N2O2S. The van der Waals surface area contributed by atoms with Gasteiger partial charge in [-0.3, -0.25) is 0 Å². The van der Waals surface area contributed by atoms with Gasteiger partial charge in [-0.25, -0.2) is 17.2 Å². The second-order valence-electron chi connectivity index (χ2n) is 5.17. The molecule has 0 saturated heterocycles. The minimum atomic E-state index is -3.28. The van der Waals surface area contributed by atoms with Crippen LogP contribution in [-0.2, 0) is 16.4 Å². The van der Waals surface area contributed by atoms with Gasteiger partial charge >= 0.3 is 0 Å². The molecule has 0 fully saturated rings. The van der Waals surface area contributed by atoms with E-state index in [9.17, 15) is 17.2 Å². The predicted molar refractivity (Wildman–Crippen MR) is 71.7 cm³/mol. The second kappa shape index (κ2) is 5.85. The molecule has 1 rings (SSSR count). The number of nitrogens with one attached hydrogen (secondary N) is 1. The molecule has 0 atom stereocenters. The lowest BCUT2D eigenvalue weighted by Crippen LogP contribution is -2.41. The highest BCUT2D eigenvalue weighted by Gasteiger charge is 2.29. The molecule has 1 aromatic rings. The van der Waals surface area contributed by atoms with Gasteiger partial charge in [-0.1, -0.05) is 0 Å². The first-order chi connectivity index (χ1) is 9.08. The van der Waals surface area contributed by atoms with E-state index in [1.54, 1.807) is 6.07 Å². The Balaban J connectivity index is 2.81. The van der Waals surface area contributed by atoms with Gasteiger partial charge in [-0.15, -0.1) is 0 Å². The largest absolute Gasteiger partial charge is 0.311 e. The van der Waals surface area contributed by atoms with E-state index < -0.39 is 26.2 Å². The van der Waals surface area contributed by atoms with Crippen molar-refractivity contribution >= 4 is 9.84 Å². The van der Waals surface area contributed by atoms with Crippen LogP contribution in [0.25, 0.3) is 0 Å². The molecule has 0 spiro atoms. The van der Waals surface area contributed by atoms with Crippen LogP contribution >= 0.6 is 0 Å². The molecule has 0 aliphatic rings. The summed E-state index contributed by atoms with van der Waals surface area (Å²) in [6.07, 6.45) is 1.11. The number of hydrogen-bond donors (Lipinski definition) is 1. The summed E-state index contributed by atoms with van der Waals surface area (Å²) >= 11 is 0. The predicted octanol–water partition coefficient (Wildman–Crippen LogP) is 1.75. The van der Waals surface area contributed by atoms with E-state index in [4.69, 9.17) is 5.26 Å². The Bertz CT molecular complexity index is 626. The van der Waals surface area contributed by atoms with Crippen LogP contribution in [0.3, 0.4) is 0 Å². The monoisotopic (exact) mass is 302 g/mol. The highest BCUT2D eigenvalue weighted by molar-refractivity contribution is 7.92. The molecular weight excluding hydrogens is 286 g/mol. The Morgan fingerprint density at radius 3 is 2.20 bits per heavy atom. The van der Waals surface area contributed by atoms with Gasteiger partial charge in [0.05, 0.1) is 16.4 Å². The molecule has 0 radical (unpaired) electrons. The van der Waals surface area contributed by atoms with E-state index in [1.165, 1.54) is 13.8 Å². The molecule has 0 aliphatic heterocycles. The van der Waals surface area contributed by atoms with Crippen molar-refractivity contribution in [3.8, 4) is 6.07 Å². The van der Waals surface area contributed by atoms with Crippen LogP contribution < -0.4 is 5.32 Å². The first-order valence-corrected chi connectivity index (χ1v) is 7.76. The van der Waals surface area contributed by atoms with Crippen LogP contribution in [0.1, 0.15) is 25.0 Å². The molecule has 110 valence electrons. The minimum absolute atomic E-state index is 0.0602. The standard InChI is InChI=1S/C13H16F2N2O2S/c1-13(2,20(3,18)19)8-17-7-10-11(14)4-9(6-16)5-12(10)15/h4-5,17H,7-8H2,1-3H3. The summed E-state index contributed by atoms with van der Waals surface area (Å²) in [5.74, 6) is -1.66. The molecule has 0 aliphatic carbocycles. The Morgan fingerprint density at radius 2 is 1.80 bits per heavy atom. The molecule has 7 heteroatoms. The number of rotatable bonds is 5. The molecule has 1 N–H and O–H groups in total. The summed E-state index contributed by atoms with van der Waals surface area (Å²) in [6, 6.07) is 3.55. The van der Waals surface area contributed by atoms with Crippen LogP contribution in [0.4, 0.5) is 8.78 Å². The van der Waals surface area contributed by atoms with E-state index in [1.807, 2.05) is 0 Å². The van der Waals surface area contributed by atoms with Crippen molar-refractivity contribution in [3.05, 3.63) is 34.9 Å². The van der Waals surface area contributed by atoms with Gasteiger partial charge in [0.1, 0.15) is 11.6 Å². The smallest absolute Gasteiger partial charge is 0.153 e. The third-order valence-corrected chi connectivity index (χ3v) is 5.28. The Hall–Kier alpha value is -1.52. The van der Waals surface area contributed by atoms with Gasteiger partial charge in [-0.2, -0.15) is 5.26 Å². The summed E-state index contributed by atoms with van der Waals surface area (Å²) in [6.45, 7) is 2.97. The van der Waals surface area contributed by atoms with Gasteiger partial charge < -0.3 is 5.32 Å². The number of sulfone groups is 1. The number of nitriles is 1. The van der Waals surface area contributed by atoms with Crippen molar-refractivity contribution < 1.29 is 17.2 Å². The lowest BCUT2D eigenvalue weighted by molar-refractivity contribution is 0.500. The highest BCUT2D eigenvalue weighted by Crippen LogP contribution is 2.17. The normalized spacial score (nSPS) is 12.2. The quantitative estimate of drug-likeness (QED) is 0.899. The van der Waals surface area contributed by atoms with Crippen molar-refractivity contribution in [1.82, 2.24) is 5.32 Å². The van der Waals surface area contributed by atoms with Crippen LogP contribution in [0, 0.1) is 23.0 Å². The molecule has 0 unspecified atom stereocenters. The Kier molecular flexibility index (Phi) is 4.84. The van der Waals surface area contributed by atoms with Crippen molar-refractivity contribution in [2.24, 2.45) is 0 Å². The Labute approximate surface area is 117 Å². The molecule has 0 bridgehead atoms. The number of nitrogens with zero attached hydrogens (tertiary/aromatic N) is 1. The number of hydrogen-bond acceptors (Lipinski definition) is 4. The lowest BCUT2D eigenvalue weighted by Gasteiger charge is -2.23. The molecule has 0 heterocycles. The summed E-state index contributed by atoms with van der Waals surface area (Å²) in [5, 5.41) is 11.3. The Morgan fingerprint density at radius 1 is 1.30 bits per heavy atom. The van der Waals surface area contributed by atoms with E-state index in [0.29, 0.717) is 0 Å². The summed E-state index contributed by atoms with van der Waals surface area (Å²) in [4.78, 5) is 0. The average Bonchev–Trinajstić information content (AvgIpc) is 2.30. The maximum Gasteiger partial charge on any atom is 0.153 e. The zero-order valence-electron chi connectivity index (χ0n) is 11.5. The van der Waals surface area contributed by atoms with Crippen LogP contribution in [-0.4, -0.2) is 26.0 Å². The maximum atomic E-state index is 13.6. The van der Waals surface area contributed by atoms with Gasteiger partial charge in [-0.05, 0) is 26.0 Å².